The Hall–Kier alpha value is -1.89. The lowest BCUT2D eigenvalue weighted by Crippen LogP contribution is -2.50. The number of rotatable bonds is 6. The van der Waals surface area contributed by atoms with Crippen LogP contribution < -0.4 is 14.8 Å². The number of amides is 2. The van der Waals surface area contributed by atoms with Gasteiger partial charge >= 0.3 is 0 Å². The quantitative estimate of drug-likeness (QED) is 0.790. The standard InChI is InChI=1S/C17H22N2O4S/c1-17-8-7-15(20)19(17)14(11-24-17)16(21)18-9-10-23-13-5-3-12(22-2)4-6-13/h3-6,14H,7-11H2,1-2H3,(H,18,21)/t14-,17-/m0/s1. The van der Waals surface area contributed by atoms with Gasteiger partial charge in [0.2, 0.25) is 11.8 Å². The van der Waals surface area contributed by atoms with E-state index in [9.17, 15) is 9.59 Å². The van der Waals surface area contributed by atoms with E-state index < -0.39 is 0 Å². The minimum atomic E-state index is -0.365. The molecule has 2 aliphatic heterocycles. The molecule has 1 N–H and O–H groups in total. The van der Waals surface area contributed by atoms with E-state index in [1.165, 1.54) is 0 Å². The molecule has 2 amide bonds. The van der Waals surface area contributed by atoms with Crippen LogP contribution in [0, 0.1) is 0 Å². The molecular formula is C17H22N2O4S. The topological polar surface area (TPSA) is 67.9 Å². The van der Waals surface area contributed by atoms with Crippen molar-refractivity contribution in [2.24, 2.45) is 0 Å². The second-order valence-electron chi connectivity index (χ2n) is 6.08. The third-order valence-corrected chi connectivity index (χ3v) is 5.98. The fourth-order valence-electron chi connectivity index (χ4n) is 3.15. The fourth-order valence-corrected chi connectivity index (χ4v) is 4.58. The number of nitrogens with one attached hydrogen (secondary N) is 1. The summed E-state index contributed by atoms with van der Waals surface area (Å²) in [5.74, 6) is 2.14. The summed E-state index contributed by atoms with van der Waals surface area (Å²) in [5.41, 5.74) is 0. The summed E-state index contributed by atoms with van der Waals surface area (Å²) < 4.78 is 10.7. The van der Waals surface area contributed by atoms with Gasteiger partial charge in [0, 0.05) is 12.2 Å². The molecule has 130 valence electrons. The van der Waals surface area contributed by atoms with Gasteiger partial charge in [0.25, 0.3) is 0 Å². The molecule has 1 aromatic rings. The molecule has 3 rings (SSSR count). The van der Waals surface area contributed by atoms with Crippen molar-refractivity contribution in [2.75, 3.05) is 26.0 Å². The molecule has 1 aromatic carbocycles. The number of carbonyl (C=O) groups excluding carboxylic acids is 2. The average Bonchev–Trinajstić information content (AvgIpc) is 3.08. The molecule has 0 unspecified atom stereocenters. The van der Waals surface area contributed by atoms with E-state index in [1.807, 2.05) is 31.2 Å². The first-order chi connectivity index (χ1) is 11.5. The second-order valence-corrected chi connectivity index (χ2v) is 7.58. The number of ether oxygens (including phenoxy) is 2. The Balaban J connectivity index is 1.45. The van der Waals surface area contributed by atoms with Crippen molar-refractivity contribution in [3.63, 3.8) is 0 Å². The third-order valence-electron chi connectivity index (χ3n) is 4.48. The molecule has 24 heavy (non-hydrogen) atoms. The predicted molar refractivity (Wildman–Crippen MR) is 92.2 cm³/mol. The van der Waals surface area contributed by atoms with Crippen LogP contribution in [0.25, 0.3) is 0 Å². The molecule has 0 radical (unpaired) electrons. The van der Waals surface area contributed by atoms with Crippen LogP contribution in [0.4, 0.5) is 0 Å². The zero-order valence-electron chi connectivity index (χ0n) is 13.9. The first kappa shape index (κ1) is 17.0. The van der Waals surface area contributed by atoms with Crippen LogP contribution in [0.2, 0.25) is 0 Å². The minimum absolute atomic E-state index is 0.0807. The lowest BCUT2D eigenvalue weighted by molar-refractivity contribution is -0.137. The monoisotopic (exact) mass is 350 g/mol. The Morgan fingerprint density at radius 1 is 1.38 bits per heavy atom. The summed E-state index contributed by atoms with van der Waals surface area (Å²) in [6, 6.07) is 6.93. The normalized spacial score (nSPS) is 25.5. The maximum absolute atomic E-state index is 12.4. The highest BCUT2D eigenvalue weighted by Gasteiger charge is 2.52. The van der Waals surface area contributed by atoms with E-state index in [4.69, 9.17) is 9.47 Å². The smallest absolute Gasteiger partial charge is 0.243 e. The van der Waals surface area contributed by atoms with Crippen molar-refractivity contribution in [1.82, 2.24) is 10.2 Å². The highest BCUT2D eigenvalue weighted by atomic mass is 32.2. The molecule has 2 aliphatic rings. The molecule has 2 heterocycles. The predicted octanol–water partition coefficient (Wildman–Crippen LogP) is 1.64. The summed E-state index contributed by atoms with van der Waals surface area (Å²) in [6.45, 7) is 2.83. The van der Waals surface area contributed by atoms with Crippen molar-refractivity contribution in [3.8, 4) is 11.5 Å². The van der Waals surface area contributed by atoms with Gasteiger partial charge in [0.15, 0.2) is 0 Å². The molecule has 0 aromatic heterocycles. The van der Waals surface area contributed by atoms with E-state index in [0.717, 1.165) is 17.9 Å². The van der Waals surface area contributed by atoms with Gasteiger partial charge in [-0.1, -0.05) is 0 Å². The molecule has 0 bridgehead atoms. The van der Waals surface area contributed by atoms with Crippen molar-refractivity contribution in [3.05, 3.63) is 24.3 Å². The lowest BCUT2D eigenvalue weighted by atomic mass is 10.2. The maximum atomic E-state index is 12.4. The number of methoxy groups -OCH3 is 1. The second kappa shape index (κ2) is 6.93. The summed E-state index contributed by atoms with van der Waals surface area (Å²) in [6.07, 6.45) is 1.36. The van der Waals surface area contributed by atoms with E-state index in [2.05, 4.69) is 5.32 Å². The van der Waals surface area contributed by atoms with E-state index in [-0.39, 0.29) is 22.7 Å². The number of nitrogens with zero attached hydrogens (tertiary/aromatic N) is 1. The number of hydrogen-bond donors (Lipinski definition) is 1. The fraction of sp³-hybridized carbons (Fsp3) is 0.529. The number of hydrogen-bond acceptors (Lipinski definition) is 5. The largest absolute Gasteiger partial charge is 0.497 e. The summed E-state index contributed by atoms with van der Waals surface area (Å²) in [7, 11) is 1.61. The van der Waals surface area contributed by atoms with Gasteiger partial charge < -0.3 is 19.7 Å². The van der Waals surface area contributed by atoms with Crippen LogP contribution in [-0.2, 0) is 9.59 Å². The Kier molecular flexibility index (Phi) is 4.89. The van der Waals surface area contributed by atoms with Gasteiger partial charge in [-0.05, 0) is 37.6 Å². The van der Waals surface area contributed by atoms with E-state index in [1.54, 1.807) is 23.8 Å². The molecule has 6 nitrogen and oxygen atoms in total. The zero-order valence-corrected chi connectivity index (χ0v) is 14.7. The summed E-state index contributed by atoms with van der Waals surface area (Å²) in [4.78, 5) is 26.0. The van der Waals surface area contributed by atoms with Crippen molar-refractivity contribution in [2.45, 2.75) is 30.7 Å². The first-order valence-electron chi connectivity index (χ1n) is 8.04. The number of benzene rings is 1. The van der Waals surface area contributed by atoms with Gasteiger partial charge in [-0.2, -0.15) is 0 Å². The highest BCUT2D eigenvalue weighted by molar-refractivity contribution is 8.01. The van der Waals surface area contributed by atoms with Gasteiger partial charge in [-0.25, -0.2) is 0 Å². The van der Waals surface area contributed by atoms with Crippen LogP contribution in [-0.4, -0.2) is 53.6 Å². The van der Waals surface area contributed by atoms with Crippen LogP contribution in [0.15, 0.2) is 24.3 Å². The number of fused-ring (bicyclic) bond motifs is 1. The SMILES string of the molecule is COc1ccc(OCCNC(=O)[C@@H]2CS[C@@]3(C)CCC(=O)N23)cc1. The van der Waals surface area contributed by atoms with Gasteiger partial charge in [-0.15, -0.1) is 11.8 Å². The van der Waals surface area contributed by atoms with Crippen LogP contribution >= 0.6 is 11.8 Å². The Labute approximate surface area is 145 Å². The van der Waals surface area contributed by atoms with Crippen molar-refractivity contribution in [1.29, 1.82) is 0 Å². The van der Waals surface area contributed by atoms with Crippen LogP contribution in [0.1, 0.15) is 19.8 Å². The third kappa shape index (κ3) is 3.31. The Morgan fingerprint density at radius 3 is 2.79 bits per heavy atom. The molecule has 7 heteroatoms. The van der Waals surface area contributed by atoms with E-state index in [0.29, 0.717) is 25.3 Å². The summed E-state index contributed by atoms with van der Waals surface area (Å²) in [5, 5.41) is 2.87. The molecule has 2 fully saturated rings. The number of carbonyl (C=O) groups is 2. The van der Waals surface area contributed by atoms with Gasteiger partial charge in [0.1, 0.15) is 24.1 Å². The van der Waals surface area contributed by atoms with Crippen LogP contribution in [0.3, 0.4) is 0 Å². The lowest BCUT2D eigenvalue weighted by Gasteiger charge is -2.29. The summed E-state index contributed by atoms with van der Waals surface area (Å²) >= 11 is 1.70. The number of thioether (sulfide) groups is 1. The average molecular weight is 350 g/mol. The molecule has 0 aliphatic carbocycles. The zero-order chi connectivity index (χ0) is 17.2. The highest BCUT2D eigenvalue weighted by Crippen LogP contribution is 2.47. The maximum Gasteiger partial charge on any atom is 0.243 e. The molecule has 2 atom stereocenters. The molecule has 0 spiro atoms. The minimum Gasteiger partial charge on any atom is -0.497 e. The molecule has 2 saturated heterocycles. The van der Waals surface area contributed by atoms with Crippen LogP contribution in [0.5, 0.6) is 11.5 Å². The van der Waals surface area contributed by atoms with E-state index >= 15 is 0 Å². The van der Waals surface area contributed by atoms with Gasteiger partial charge in [0.05, 0.1) is 18.5 Å². The van der Waals surface area contributed by atoms with Crippen molar-refractivity contribution < 1.29 is 19.1 Å². The Morgan fingerprint density at radius 2 is 2.08 bits per heavy atom. The Bertz CT molecular complexity index is 622. The molecule has 0 saturated carbocycles. The molecular weight excluding hydrogens is 328 g/mol. The van der Waals surface area contributed by atoms with Gasteiger partial charge in [-0.3, -0.25) is 9.59 Å². The van der Waals surface area contributed by atoms with Crippen molar-refractivity contribution >= 4 is 23.6 Å². The first-order valence-corrected chi connectivity index (χ1v) is 9.03.